The van der Waals surface area contributed by atoms with Gasteiger partial charge in [-0.25, -0.2) is 4.68 Å². The van der Waals surface area contributed by atoms with Gasteiger partial charge in [0.15, 0.2) is 11.5 Å². The van der Waals surface area contributed by atoms with Crippen molar-refractivity contribution in [2.45, 2.75) is 13.0 Å². The number of hydrogen-bond donors (Lipinski definition) is 2. The molecule has 25 heavy (non-hydrogen) atoms. The molecule has 0 aliphatic rings. The fraction of sp³-hybridized carbons (Fsp3) is 0.100. The summed E-state index contributed by atoms with van der Waals surface area (Å²) in [6, 6.07) is 19.3. The number of aromatic hydroxyl groups is 2. The molecule has 1 aromatic heterocycles. The van der Waals surface area contributed by atoms with E-state index in [1.807, 2.05) is 23.0 Å². The molecular weight excluding hydrogens is 314 g/mol. The van der Waals surface area contributed by atoms with Crippen molar-refractivity contribution in [2.75, 3.05) is 0 Å². The van der Waals surface area contributed by atoms with Crippen LogP contribution in [0.4, 0.5) is 0 Å². The van der Waals surface area contributed by atoms with Gasteiger partial charge in [0.25, 0.3) is 0 Å². The lowest BCUT2D eigenvalue weighted by Gasteiger charge is -2.06. The fourth-order valence-corrected chi connectivity index (χ4v) is 2.99. The quantitative estimate of drug-likeness (QED) is 0.562. The summed E-state index contributed by atoms with van der Waals surface area (Å²) in [7, 11) is 0. The predicted octanol–water partition coefficient (Wildman–Crippen LogP) is 3.48. The van der Waals surface area contributed by atoms with E-state index in [-0.39, 0.29) is 11.5 Å². The van der Waals surface area contributed by atoms with Crippen LogP contribution in [-0.2, 0) is 13.0 Å². The summed E-state index contributed by atoms with van der Waals surface area (Å²) in [6.45, 7) is 0.648. The molecule has 0 atom stereocenters. The van der Waals surface area contributed by atoms with Gasteiger partial charge in [0.05, 0.1) is 12.2 Å². The minimum Gasteiger partial charge on any atom is -0.504 e. The van der Waals surface area contributed by atoms with Crippen molar-refractivity contribution in [1.82, 2.24) is 15.0 Å². The second kappa shape index (κ2) is 6.28. The van der Waals surface area contributed by atoms with E-state index in [1.165, 1.54) is 22.4 Å². The van der Waals surface area contributed by atoms with E-state index < -0.39 is 0 Å². The molecule has 0 saturated carbocycles. The Balaban J connectivity index is 1.55. The van der Waals surface area contributed by atoms with Gasteiger partial charge < -0.3 is 10.2 Å². The van der Waals surface area contributed by atoms with Crippen LogP contribution in [0, 0.1) is 0 Å². The van der Waals surface area contributed by atoms with Crippen LogP contribution in [0.5, 0.6) is 11.5 Å². The monoisotopic (exact) mass is 331 g/mol. The van der Waals surface area contributed by atoms with Crippen LogP contribution in [0.2, 0.25) is 0 Å². The summed E-state index contributed by atoms with van der Waals surface area (Å²) < 4.78 is 1.82. The SMILES string of the molecule is Oc1ccc(Cc2cn(Cc3cccc4ccccc34)nn2)cc1O. The normalized spacial score (nSPS) is 11.0. The number of phenols is 2. The van der Waals surface area contributed by atoms with Gasteiger partial charge in [0, 0.05) is 12.6 Å². The van der Waals surface area contributed by atoms with Crippen molar-refractivity contribution in [1.29, 1.82) is 0 Å². The molecule has 0 fully saturated rings. The molecule has 4 rings (SSSR count). The zero-order valence-corrected chi connectivity index (χ0v) is 13.5. The van der Waals surface area contributed by atoms with Gasteiger partial charge in [-0.05, 0) is 34.0 Å². The number of hydrogen-bond acceptors (Lipinski definition) is 4. The van der Waals surface area contributed by atoms with Gasteiger partial charge in [-0.1, -0.05) is 53.7 Å². The molecular formula is C20H17N3O2. The fourth-order valence-electron chi connectivity index (χ4n) is 2.99. The molecule has 5 nitrogen and oxygen atoms in total. The molecule has 3 aromatic carbocycles. The Morgan fingerprint density at radius 2 is 1.72 bits per heavy atom. The van der Waals surface area contributed by atoms with Crippen molar-refractivity contribution >= 4 is 10.8 Å². The van der Waals surface area contributed by atoms with Crippen LogP contribution >= 0.6 is 0 Å². The van der Waals surface area contributed by atoms with Crippen LogP contribution in [-0.4, -0.2) is 25.2 Å². The largest absolute Gasteiger partial charge is 0.504 e. The van der Waals surface area contributed by atoms with Crippen molar-refractivity contribution in [2.24, 2.45) is 0 Å². The molecule has 0 amide bonds. The van der Waals surface area contributed by atoms with Crippen LogP contribution < -0.4 is 0 Å². The third-order valence-electron chi connectivity index (χ3n) is 4.22. The Bertz CT molecular complexity index is 1030. The highest BCUT2D eigenvalue weighted by molar-refractivity contribution is 5.85. The second-order valence-electron chi connectivity index (χ2n) is 6.05. The van der Waals surface area contributed by atoms with E-state index in [0.717, 1.165) is 11.3 Å². The van der Waals surface area contributed by atoms with E-state index in [0.29, 0.717) is 13.0 Å². The maximum absolute atomic E-state index is 9.59. The molecule has 0 unspecified atom stereocenters. The Kier molecular flexibility index (Phi) is 3.82. The lowest BCUT2D eigenvalue weighted by atomic mass is 10.0. The number of aromatic nitrogens is 3. The number of nitrogens with zero attached hydrogens (tertiary/aromatic N) is 3. The van der Waals surface area contributed by atoms with E-state index in [2.05, 4.69) is 40.6 Å². The molecule has 0 bridgehead atoms. The summed E-state index contributed by atoms with van der Waals surface area (Å²) in [5.74, 6) is -0.246. The third kappa shape index (κ3) is 3.17. The molecule has 1 heterocycles. The molecule has 124 valence electrons. The van der Waals surface area contributed by atoms with E-state index in [4.69, 9.17) is 0 Å². The molecule has 2 N–H and O–H groups in total. The highest BCUT2D eigenvalue weighted by Crippen LogP contribution is 2.26. The van der Waals surface area contributed by atoms with E-state index >= 15 is 0 Å². The Hall–Kier alpha value is -3.34. The van der Waals surface area contributed by atoms with Gasteiger partial charge in [0.1, 0.15) is 0 Å². The first-order valence-electron chi connectivity index (χ1n) is 8.05. The van der Waals surface area contributed by atoms with Crippen LogP contribution in [0.15, 0.2) is 66.9 Å². The topological polar surface area (TPSA) is 71.2 Å². The number of fused-ring (bicyclic) bond motifs is 1. The van der Waals surface area contributed by atoms with E-state index in [9.17, 15) is 10.2 Å². The second-order valence-corrected chi connectivity index (χ2v) is 6.05. The molecule has 0 spiro atoms. The van der Waals surface area contributed by atoms with Crippen molar-refractivity contribution < 1.29 is 10.2 Å². The highest BCUT2D eigenvalue weighted by Gasteiger charge is 2.07. The van der Waals surface area contributed by atoms with E-state index in [1.54, 1.807) is 12.1 Å². The van der Waals surface area contributed by atoms with Crippen LogP contribution in [0.1, 0.15) is 16.8 Å². The van der Waals surface area contributed by atoms with Gasteiger partial charge in [-0.3, -0.25) is 0 Å². The molecule has 4 aromatic rings. The van der Waals surface area contributed by atoms with Crippen LogP contribution in [0.3, 0.4) is 0 Å². The van der Waals surface area contributed by atoms with Gasteiger partial charge >= 0.3 is 0 Å². The summed E-state index contributed by atoms with van der Waals surface area (Å²) in [6.07, 6.45) is 2.45. The maximum atomic E-state index is 9.59. The lowest BCUT2D eigenvalue weighted by Crippen LogP contribution is -2.01. The zero-order valence-electron chi connectivity index (χ0n) is 13.5. The first-order chi connectivity index (χ1) is 12.2. The van der Waals surface area contributed by atoms with Gasteiger partial charge in [-0.15, -0.1) is 5.10 Å². The Labute approximate surface area is 144 Å². The number of benzene rings is 3. The first-order valence-corrected chi connectivity index (χ1v) is 8.05. The predicted molar refractivity (Wildman–Crippen MR) is 95.6 cm³/mol. The standard InChI is InChI=1S/C20H17N3O2/c24-19-9-8-14(11-20(19)25)10-17-13-23(22-21-17)12-16-6-3-5-15-4-1-2-7-18(15)16/h1-9,11,13,24-25H,10,12H2. The summed E-state index contributed by atoms with van der Waals surface area (Å²) in [5.41, 5.74) is 2.87. The average molecular weight is 331 g/mol. The van der Waals surface area contributed by atoms with Crippen molar-refractivity contribution in [3.8, 4) is 11.5 Å². The van der Waals surface area contributed by atoms with Gasteiger partial charge in [0.2, 0.25) is 0 Å². The Morgan fingerprint density at radius 1 is 0.880 bits per heavy atom. The maximum Gasteiger partial charge on any atom is 0.157 e. The zero-order chi connectivity index (χ0) is 17.2. The summed E-state index contributed by atoms with van der Waals surface area (Å²) in [4.78, 5) is 0. The van der Waals surface area contributed by atoms with Crippen molar-refractivity contribution in [3.63, 3.8) is 0 Å². The lowest BCUT2D eigenvalue weighted by molar-refractivity contribution is 0.403. The average Bonchev–Trinajstić information content (AvgIpc) is 3.05. The van der Waals surface area contributed by atoms with Gasteiger partial charge in [-0.2, -0.15) is 0 Å². The van der Waals surface area contributed by atoms with Crippen molar-refractivity contribution in [3.05, 3.63) is 83.7 Å². The molecule has 0 aliphatic heterocycles. The molecule has 0 radical (unpaired) electrons. The molecule has 5 heteroatoms. The summed E-state index contributed by atoms with van der Waals surface area (Å²) in [5, 5.41) is 29.8. The Morgan fingerprint density at radius 3 is 2.60 bits per heavy atom. The number of phenolic OH excluding ortho intramolecular Hbond substituents is 2. The molecule has 0 aliphatic carbocycles. The highest BCUT2D eigenvalue weighted by atomic mass is 16.3. The van der Waals surface area contributed by atoms with Crippen LogP contribution in [0.25, 0.3) is 10.8 Å². The smallest absolute Gasteiger partial charge is 0.157 e. The number of rotatable bonds is 4. The first kappa shape index (κ1) is 15.2. The molecule has 0 saturated heterocycles. The minimum absolute atomic E-state index is 0.122. The minimum atomic E-state index is -0.124. The summed E-state index contributed by atoms with van der Waals surface area (Å²) >= 11 is 0. The third-order valence-corrected chi connectivity index (χ3v) is 4.22.